The third-order valence-electron chi connectivity index (χ3n) is 1.48. The molecule has 0 radical (unpaired) electrons. The Balaban J connectivity index is 2.63. The topological polar surface area (TPSA) is 107 Å². The summed E-state index contributed by atoms with van der Waals surface area (Å²) in [6, 6.07) is 0. The number of carbonyl (C=O) groups excluding carboxylic acids is 1. The van der Waals surface area contributed by atoms with Crippen molar-refractivity contribution in [2.24, 2.45) is 0 Å². The summed E-state index contributed by atoms with van der Waals surface area (Å²) in [7, 11) is 1.25. The number of carboxylic acids is 1. The van der Waals surface area contributed by atoms with E-state index in [9.17, 15) is 9.59 Å². The number of hydrogen-bond acceptors (Lipinski definition) is 6. The lowest BCUT2D eigenvalue weighted by Crippen LogP contribution is -2.14. The lowest BCUT2D eigenvalue weighted by atomic mass is 10.4. The number of aromatic carboxylic acids is 1. The van der Waals surface area contributed by atoms with Gasteiger partial charge < -0.3 is 9.84 Å². The molecule has 0 saturated carbocycles. The van der Waals surface area contributed by atoms with Crippen LogP contribution in [0, 0.1) is 0 Å². The molecule has 0 fully saturated rings. The van der Waals surface area contributed by atoms with E-state index in [4.69, 9.17) is 5.11 Å². The van der Waals surface area contributed by atoms with Gasteiger partial charge in [0.05, 0.1) is 20.1 Å². The van der Waals surface area contributed by atoms with Crippen molar-refractivity contribution in [2.75, 3.05) is 7.11 Å². The highest BCUT2D eigenvalue weighted by molar-refractivity contribution is 5.83. The van der Waals surface area contributed by atoms with Gasteiger partial charge in [0.15, 0.2) is 0 Å². The van der Waals surface area contributed by atoms with Crippen LogP contribution in [0.2, 0.25) is 0 Å². The summed E-state index contributed by atoms with van der Waals surface area (Å²) in [4.78, 5) is 21.3. The van der Waals surface area contributed by atoms with Crippen LogP contribution in [-0.4, -0.2) is 44.4 Å². The molecule has 1 aromatic heterocycles. The molecule has 76 valence electrons. The van der Waals surface area contributed by atoms with Gasteiger partial charge in [-0.05, 0) is 10.4 Å². The van der Waals surface area contributed by atoms with Gasteiger partial charge >= 0.3 is 11.9 Å². The summed E-state index contributed by atoms with van der Waals surface area (Å²) >= 11 is 0. The predicted octanol–water partition coefficient (Wildman–Crippen LogP) is -1.07. The summed E-state index contributed by atoms with van der Waals surface area (Å²) in [5.74, 6) is -1.98. The Morgan fingerprint density at radius 1 is 1.57 bits per heavy atom. The zero-order valence-corrected chi connectivity index (χ0v) is 7.38. The van der Waals surface area contributed by atoms with Crippen molar-refractivity contribution in [3.8, 4) is 0 Å². The molecular formula is C6H8N4O4. The minimum Gasteiger partial charge on any atom is -0.475 e. The van der Waals surface area contributed by atoms with E-state index in [1.165, 1.54) is 7.11 Å². The Labute approximate surface area is 78.5 Å². The van der Waals surface area contributed by atoms with Crippen LogP contribution in [0.5, 0.6) is 0 Å². The van der Waals surface area contributed by atoms with Crippen LogP contribution in [0.15, 0.2) is 0 Å². The van der Waals surface area contributed by atoms with E-state index in [-0.39, 0.29) is 18.8 Å². The summed E-state index contributed by atoms with van der Waals surface area (Å²) in [6.07, 6.45) is 0.0296. The molecule has 0 spiro atoms. The van der Waals surface area contributed by atoms with Gasteiger partial charge in [-0.2, -0.15) is 0 Å². The fraction of sp³-hybridized carbons (Fsp3) is 0.500. The molecule has 1 rings (SSSR count). The van der Waals surface area contributed by atoms with Gasteiger partial charge in [-0.25, -0.2) is 9.48 Å². The van der Waals surface area contributed by atoms with Crippen molar-refractivity contribution < 1.29 is 19.4 Å². The Hall–Kier alpha value is -1.99. The molecule has 0 unspecified atom stereocenters. The number of tetrazole rings is 1. The number of rotatable bonds is 4. The number of esters is 1. The van der Waals surface area contributed by atoms with E-state index in [2.05, 4.69) is 20.3 Å². The maximum absolute atomic E-state index is 10.7. The van der Waals surface area contributed by atoms with Gasteiger partial charge in [0, 0.05) is 0 Å². The number of ether oxygens (including phenoxy) is 1. The molecule has 8 nitrogen and oxygen atoms in total. The number of hydrogen-bond donors (Lipinski definition) is 1. The second kappa shape index (κ2) is 4.30. The average Bonchev–Trinajstić information content (AvgIpc) is 2.62. The third-order valence-corrected chi connectivity index (χ3v) is 1.48. The number of aromatic nitrogens is 4. The number of carboxylic acid groups (broad SMARTS) is 1. The third kappa shape index (κ3) is 2.25. The Morgan fingerprint density at radius 2 is 2.29 bits per heavy atom. The highest BCUT2D eigenvalue weighted by atomic mass is 16.5. The van der Waals surface area contributed by atoms with Crippen LogP contribution in [0.4, 0.5) is 0 Å². The zero-order valence-electron chi connectivity index (χ0n) is 7.38. The van der Waals surface area contributed by atoms with Crippen molar-refractivity contribution in [3.05, 3.63) is 5.82 Å². The van der Waals surface area contributed by atoms with Crippen LogP contribution >= 0.6 is 0 Å². The van der Waals surface area contributed by atoms with E-state index in [0.29, 0.717) is 0 Å². The molecule has 0 atom stereocenters. The van der Waals surface area contributed by atoms with Crippen LogP contribution in [0.3, 0.4) is 0 Å². The molecule has 0 amide bonds. The summed E-state index contributed by atoms with van der Waals surface area (Å²) in [6.45, 7) is 0.0846. The molecular weight excluding hydrogens is 192 g/mol. The molecule has 1 aromatic rings. The second-order valence-corrected chi connectivity index (χ2v) is 2.36. The van der Waals surface area contributed by atoms with Gasteiger partial charge in [0.25, 0.3) is 5.82 Å². The lowest BCUT2D eigenvalue weighted by molar-refractivity contribution is -0.140. The van der Waals surface area contributed by atoms with Gasteiger partial charge in [-0.3, -0.25) is 4.79 Å². The summed E-state index contributed by atoms with van der Waals surface area (Å²) in [5, 5.41) is 18.5. The number of methoxy groups -OCH3 is 1. The lowest BCUT2D eigenvalue weighted by Gasteiger charge is -1.99. The molecule has 1 N–H and O–H groups in total. The first-order valence-electron chi connectivity index (χ1n) is 3.71. The minimum atomic E-state index is -1.24. The van der Waals surface area contributed by atoms with Crippen LogP contribution in [0.1, 0.15) is 17.0 Å². The largest absolute Gasteiger partial charge is 0.475 e. The monoisotopic (exact) mass is 200 g/mol. The standard InChI is InChI=1S/C6H8N4O4/c1-14-4(11)2-3-10-5(6(12)13)7-8-9-10/h2-3H2,1H3,(H,12,13). The molecule has 0 aliphatic rings. The van der Waals surface area contributed by atoms with Crippen LogP contribution < -0.4 is 0 Å². The van der Waals surface area contributed by atoms with Crippen molar-refractivity contribution in [3.63, 3.8) is 0 Å². The van der Waals surface area contributed by atoms with Crippen LogP contribution in [0.25, 0.3) is 0 Å². The fourth-order valence-electron chi connectivity index (χ4n) is 0.808. The van der Waals surface area contributed by atoms with Gasteiger partial charge in [0.2, 0.25) is 0 Å². The molecule has 0 aliphatic carbocycles. The highest BCUT2D eigenvalue weighted by Crippen LogP contribution is 1.95. The van der Waals surface area contributed by atoms with E-state index in [1.807, 2.05) is 0 Å². The summed E-state index contributed by atoms with van der Waals surface area (Å²) < 4.78 is 5.41. The van der Waals surface area contributed by atoms with Gasteiger partial charge in [0.1, 0.15) is 0 Å². The van der Waals surface area contributed by atoms with Gasteiger partial charge in [-0.1, -0.05) is 0 Å². The quantitative estimate of drug-likeness (QED) is 0.616. The second-order valence-electron chi connectivity index (χ2n) is 2.36. The fourth-order valence-corrected chi connectivity index (χ4v) is 0.808. The van der Waals surface area contributed by atoms with Gasteiger partial charge in [-0.15, -0.1) is 5.10 Å². The molecule has 0 aromatic carbocycles. The van der Waals surface area contributed by atoms with Crippen molar-refractivity contribution in [2.45, 2.75) is 13.0 Å². The van der Waals surface area contributed by atoms with E-state index in [1.54, 1.807) is 0 Å². The summed E-state index contributed by atoms with van der Waals surface area (Å²) in [5.41, 5.74) is 0. The van der Waals surface area contributed by atoms with E-state index in [0.717, 1.165) is 4.68 Å². The Kier molecular flexibility index (Phi) is 3.10. The molecule has 0 saturated heterocycles. The van der Waals surface area contributed by atoms with Crippen molar-refractivity contribution in [1.29, 1.82) is 0 Å². The molecule has 8 heteroatoms. The molecule has 0 aliphatic heterocycles. The first-order chi connectivity index (χ1) is 6.65. The zero-order chi connectivity index (χ0) is 10.6. The van der Waals surface area contributed by atoms with E-state index >= 15 is 0 Å². The maximum Gasteiger partial charge on any atom is 0.375 e. The van der Waals surface area contributed by atoms with Crippen molar-refractivity contribution in [1.82, 2.24) is 20.2 Å². The molecule has 14 heavy (non-hydrogen) atoms. The normalized spacial score (nSPS) is 9.79. The minimum absolute atomic E-state index is 0.0296. The Morgan fingerprint density at radius 3 is 2.86 bits per heavy atom. The predicted molar refractivity (Wildman–Crippen MR) is 41.4 cm³/mol. The van der Waals surface area contributed by atoms with Crippen molar-refractivity contribution >= 4 is 11.9 Å². The highest BCUT2D eigenvalue weighted by Gasteiger charge is 2.14. The first kappa shape index (κ1) is 10.1. The number of aryl methyl sites for hydroxylation is 1. The smallest absolute Gasteiger partial charge is 0.375 e. The first-order valence-corrected chi connectivity index (χ1v) is 3.71. The number of nitrogens with zero attached hydrogens (tertiary/aromatic N) is 4. The SMILES string of the molecule is COC(=O)CCn1nnnc1C(=O)O. The maximum atomic E-state index is 10.7. The van der Waals surface area contributed by atoms with Crippen LogP contribution in [-0.2, 0) is 16.1 Å². The average molecular weight is 200 g/mol. The van der Waals surface area contributed by atoms with E-state index < -0.39 is 11.9 Å². The molecule has 0 bridgehead atoms. The Bertz CT molecular complexity index is 347. The molecule has 1 heterocycles. The number of carbonyl (C=O) groups is 2.